The Labute approximate surface area is 63.6 Å². The molecular weight excluding hydrogens is 144 g/mol. The molecule has 4 nitrogen and oxygen atoms in total. The van der Waals surface area contributed by atoms with Crippen LogP contribution in [0.1, 0.15) is 23.9 Å². The van der Waals surface area contributed by atoms with Gasteiger partial charge in [0.15, 0.2) is 0 Å². The third kappa shape index (κ3) is 0.903. The molecule has 2 N–H and O–H groups in total. The Morgan fingerprint density at radius 2 is 2.55 bits per heavy atom. The molecule has 1 unspecified atom stereocenters. The quantitative estimate of drug-likeness (QED) is 0.606. The van der Waals surface area contributed by atoms with Gasteiger partial charge in [0, 0.05) is 6.42 Å². The van der Waals surface area contributed by atoms with Gasteiger partial charge < -0.3 is 9.73 Å². The molecule has 2 rings (SSSR count). The van der Waals surface area contributed by atoms with Gasteiger partial charge in [-0.15, -0.1) is 0 Å². The third-order valence-electron chi connectivity index (χ3n) is 2.11. The molecule has 0 spiro atoms. The summed E-state index contributed by atoms with van der Waals surface area (Å²) in [6.07, 6.45) is 1.88. The van der Waals surface area contributed by atoms with Crippen molar-refractivity contribution in [1.82, 2.24) is 10.3 Å². The summed E-state index contributed by atoms with van der Waals surface area (Å²) in [6, 6.07) is 0.274. The largest absolute Gasteiger partial charge is 0.416 e. The molecule has 0 aliphatic heterocycles. The molecule has 0 radical (unpaired) electrons. The Bertz CT molecular complexity index is 312. The van der Waals surface area contributed by atoms with Gasteiger partial charge in [-0.3, -0.25) is 4.98 Å². The molecule has 0 saturated carbocycles. The summed E-state index contributed by atoms with van der Waals surface area (Å²) in [5.74, 6) is 0.476. The minimum absolute atomic E-state index is 0.274. The van der Waals surface area contributed by atoms with Gasteiger partial charge in [-0.25, -0.2) is 4.79 Å². The van der Waals surface area contributed by atoms with E-state index in [2.05, 4.69) is 10.3 Å². The molecule has 0 bridgehead atoms. The standard InChI is InChI=1S/C7H10N2O2/c1-8-4-2-3-5-6(4)9-7(10)11-5/h4,8H,2-3H2,1H3,(H,9,10). The predicted octanol–water partition coefficient (Wildman–Crippen LogP) is 0.175. The van der Waals surface area contributed by atoms with E-state index in [-0.39, 0.29) is 11.8 Å². The van der Waals surface area contributed by atoms with Crippen molar-refractivity contribution in [3.05, 3.63) is 22.0 Å². The first-order chi connectivity index (χ1) is 5.31. The van der Waals surface area contributed by atoms with Crippen LogP contribution in [0, 0.1) is 0 Å². The molecule has 0 fully saturated rings. The average Bonchev–Trinajstić information content (AvgIpc) is 2.45. The van der Waals surface area contributed by atoms with Crippen LogP contribution in [0.5, 0.6) is 0 Å². The van der Waals surface area contributed by atoms with Crippen molar-refractivity contribution in [3.8, 4) is 0 Å². The Hall–Kier alpha value is -1.03. The number of rotatable bonds is 1. The number of aromatic nitrogens is 1. The first kappa shape index (κ1) is 6.67. The first-order valence-electron chi connectivity index (χ1n) is 3.70. The van der Waals surface area contributed by atoms with E-state index in [1.165, 1.54) is 0 Å². The average molecular weight is 154 g/mol. The van der Waals surface area contributed by atoms with Gasteiger partial charge in [0.2, 0.25) is 0 Å². The molecule has 0 saturated heterocycles. The first-order valence-corrected chi connectivity index (χ1v) is 3.70. The summed E-state index contributed by atoms with van der Waals surface area (Å²) in [4.78, 5) is 13.4. The van der Waals surface area contributed by atoms with E-state index in [1.54, 1.807) is 0 Å². The molecule has 1 atom stereocenters. The zero-order valence-corrected chi connectivity index (χ0v) is 6.31. The summed E-state index contributed by atoms with van der Waals surface area (Å²) in [5, 5.41) is 3.10. The van der Waals surface area contributed by atoms with Crippen molar-refractivity contribution in [1.29, 1.82) is 0 Å². The zero-order valence-electron chi connectivity index (χ0n) is 6.31. The van der Waals surface area contributed by atoms with E-state index in [9.17, 15) is 4.79 Å². The van der Waals surface area contributed by atoms with E-state index >= 15 is 0 Å². The molecule has 1 heterocycles. The van der Waals surface area contributed by atoms with Crippen LogP contribution in [0.2, 0.25) is 0 Å². The van der Waals surface area contributed by atoms with Crippen LogP contribution < -0.4 is 11.1 Å². The number of oxazole rings is 1. The van der Waals surface area contributed by atoms with Crippen LogP contribution in [-0.4, -0.2) is 12.0 Å². The highest BCUT2D eigenvalue weighted by atomic mass is 16.4. The third-order valence-corrected chi connectivity index (χ3v) is 2.11. The molecule has 4 heteroatoms. The Morgan fingerprint density at radius 1 is 1.73 bits per heavy atom. The lowest BCUT2D eigenvalue weighted by Gasteiger charge is -2.04. The van der Waals surface area contributed by atoms with Crippen LogP contribution in [-0.2, 0) is 6.42 Å². The Morgan fingerprint density at radius 3 is 3.27 bits per heavy atom. The second-order valence-corrected chi connectivity index (χ2v) is 2.73. The monoisotopic (exact) mass is 154 g/mol. The lowest BCUT2D eigenvalue weighted by Crippen LogP contribution is -2.14. The van der Waals surface area contributed by atoms with Gasteiger partial charge >= 0.3 is 5.76 Å². The molecular formula is C7H10N2O2. The molecule has 11 heavy (non-hydrogen) atoms. The fourth-order valence-corrected chi connectivity index (χ4v) is 1.55. The summed E-state index contributed by atoms with van der Waals surface area (Å²) in [6.45, 7) is 0. The van der Waals surface area contributed by atoms with Crippen LogP contribution >= 0.6 is 0 Å². The lowest BCUT2D eigenvalue weighted by atomic mass is 10.2. The van der Waals surface area contributed by atoms with Crippen molar-refractivity contribution < 1.29 is 4.42 Å². The molecule has 0 aromatic carbocycles. The van der Waals surface area contributed by atoms with Crippen molar-refractivity contribution >= 4 is 0 Å². The second kappa shape index (κ2) is 2.23. The van der Waals surface area contributed by atoms with E-state index in [0.29, 0.717) is 0 Å². The van der Waals surface area contributed by atoms with E-state index < -0.39 is 0 Å². The van der Waals surface area contributed by atoms with Gasteiger partial charge in [-0.2, -0.15) is 0 Å². The normalized spacial score (nSPS) is 22.1. The highest BCUT2D eigenvalue weighted by molar-refractivity contribution is 5.18. The highest BCUT2D eigenvalue weighted by Gasteiger charge is 2.25. The molecule has 1 aliphatic carbocycles. The van der Waals surface area contributed by atoms with Crippen LogP contribution in [0.4, 0.5) is 0 Å². The minimum Gasteiger partial charge on any atom is -0.413 e. The zero-order chi connectivity index (χ0) is 7.84. The smallest absolute Gasteiger partial charge is 0.413 e. The highest BCUT2D eigenvalue weighted by Crippen LogP contribution is 2.27. The maximum Gasteiger partial charge on any atom is 0.416 e. The van der Waals surface area contributed by atoms with Crippen molar-refractivity contribution in [2.75, 3.05) is 7.05 Å². The molecule has 60 valence electrons. The number of aryl methyl sites for hydroxylation is 1. The number of hydrogen-bond donors (Lipinski definition) is 2. The molecule has 0 amide bonds. The number of nitrogens with one attached hydrogen (secondary N) is 2. The predicted molar refractivity (Wildman–Crippen MR) is 39.5 cm³/mol. The molecule has 1 aromatic heterocycles. The number of H-pyrrole nitrogens is 1. The molecule has 1 aliphatic rings. The van der Waals surface area contributed by atoms with E-state index in [0.717, 1.165) is 24.3 Å². The number of fused-ring (bicyclic) bond motifs is 1. The van der Waals surface area contributed by atoms with Crippen molar-refractivity contribution in [2.45, 2.75) is 18.9 Å². The topological polar surface area (TPSA) is 58.0 Å². The van der Waals surface area contributed by atoms with Crippen LogP contribution in [0.15, 0.2) is 9.21 Å². The second-order valence-electron chi connectivity index (χ2n) is 2.73. The summed E-state index contributed by atoms with van der Waals surface area (Å²) in [5.41, 5.74) is 0.928. The lowest BCUT2D eigenvalue weighted by molar-refractivity contribution is 0.465. The van der Waals surface area contributed by atoms with Crippen molar-refractivity contribution in [3.63, 3.8) is 0 Å². The Balaban J connectivity index is 2.45. The summed E-state index contributed by atoms with van der Waals surface area (Å²) in [7, 11) is 1.88. The van der Waals surface area contributed by atoms with Crippen LogP contribution in [0.25, 0.3) is 0 Å². The van der Waals surface area contributed by atoms with Gasteiger partial charge in [-0.05, 0) is 13.5 Å². The van der Waals surface area contributed by atoms with Gasteiger partial charge in [0.1, 0.15) is 5.76 Å². The van der Waals surface area contributed by atoms with Crippen molar-refractivity contribution in [2.24, 2.45) is 0 Å². The van der Waals surface area contributed by atoms with Gasteiger partial charge in [0.25, 0.3) is 0 Å². The van der Waals surface area contributed by atoms with Gasteiger partial charge in [-0.1, -0.05) is 0 Å². The summed E-state index contributed by atoms with van der Waals surface area (Å²) >= 11 is 0. The number of hydrogen-bond acceptors (Lipinski definition) is 3. The minimum atomic E-state index is -0.338. The maximum absolute atomic E-state index is 10.7. The number of aromatic amines is 1. The van der Waals surface area contributed by atoms with E-state index in [4.69, 9.17) is 4.42 Å². The molecule has 1 aromatic rings. The van der Waals surface area contributed by atoms with E-state index in [1.807, 2.05) is 7.05 Å². The van der Waals surface area contributed by atoms with Gasteiger partial charge in [0.05, 0.1) is 11.7 Å². The van der Waals surface area contributed by atoms with Crippen LogP contribution in [0.3, 0.4) is 0 Å². The summed E-state index contributed by atoms with van der Waals surface area (Å²) < 4.78 is 4.91. The fraction of sp³-hybridized carbons (Fsp3) is 0.571. The Kier molecular flexibility index (Phi) is 1.35. The SMILES string of the molecule is CNC1CCc2oc(=O)[nH]c21. The fourth-order valence-electron chi connectivity index (χ4n) is 1.55. The maximum atomic E-state index is 10.7.